The van der Waals surface area contributed by atoms with Gasteiger partial charge in [-0.1, -0.05) is 0 Å². The maximum absolute atomic E-state index is 11.6. The predicted molar refractivity (Wildman–Crippen MR) is 78.8 cm³/mol. The lowest BCUT2D eigenvalue weighted by Crippen LogP contribution is -2.27. The Bertz CT molecular complexity index is 521. The molecule has 1 amide bonds. The van der Waals surface area contributed by atoms with Crippen molar-refractivity contribution < 1.29 is 24.2 Å². The molecular weight excluding hydrogens is 296 g/mol. The quantitative estimate of drug-likeness (QED) is 0.866. The fraction of sp³-hybridized carbons (Fsp3) is 0.615. The lowest BCUT2D eigenvalue weighted by molar-refractivity contribution is -0.148. The molecule has 1 atom stereocenters. The van der Waals surface area contributed by atoms with Crippen molar-refractivity contribution in [1.29, 1.82) is 0 Å². The third kappa shape index (κ3) is 5.68. The molecule has 1 rings (SSSR count). The second-order valence-corrected chi connectivity index (χ2v) is 6.50. The van der Waals surface area contributed by atoms with Crippen molar-refractivity contribution in [3.8, 4) is 0 Å². The van der Waals surface area contributed by atoms with Crippen LogP contribution >= 0.6 is 11.3 Å². The number of thiazole rings is 1. The molecule has 0 bridgehead atoms. The van der Waals surface area contributed by atoms with Crippen LogP contribution in [-0.4, -0.2) is 41.0 Å². The van der Waals surface area contributed by atoms with Gasteiger partial charge in [0.2, 0.25) is 0 Å². The molecule has 8 heteroatoms. The summed E-state index contributed by atoms with van der Waals surface area (Å²) in [5.74, 6) is -1.04. The van der Waals surface area contributed by atoms with Gasteiger partial charge < -0.3 is 14.6 Å². The monoisotopic (exact) mass is 316 g/mol. The van der Waals surface area contributed by atoms with E-state index in [2.05, 4.69) is 10.3 Å². The zero-order valence-corrected chi connectivity index (χ0v) is 13.5. The van der Waals surface area contributed by atoms with E-state index in [-0.39, 0.29) is 6.42 Å². The highest BCUT2D eigenvalue weighted by Crippen LogP contribution is 2.25. The van der Waals surface area contributed by atoms with Gasteiger partial charge in [0.15, 0.2) is 11.2 Å². The van der Waals surface area contributed by atoms with E-state index < -0.39 is 23.8 Å². The highest BCUT2D eigenvalue weighted by atomic mass is 32.1. The standard InChI is InChI=1S/C13H20N2O5S/c1-7-9(6-8(19-5)10(16)17)21-11(14-7)15-12(18)20-13(2,3)4/h8H,6H2,1-5H3,(H,16,17)(H,14,15,18). The van der Waals surface area contributed by atoms with Crippen LogP contribution in [0.4, 0.5) is 9.93 Å². The van der Waals surface area contributed by atoms with E-state index in [1.54, 1.807) is 27.7 Å². The highest BCUT2D eigenvalue weighted by molar-refractivity contribution is 7.15. The van der Waals surface area contributed by atoms with Crippen molar-refractivity contribution in [1.82, 2.24) is 4.98 Å². The van der Waals surface area contributed by atoms with Crippen LogP contribution in [0.15, 0.2) is 0 Å². The molecule has 1 aromatic heterocycles. The number of aryl methyl sites for hydroxylation is 1. The molecule has 1 heterocycles. The first-order chi connectivity index (χ1) is 9.62. The number of aliphatic carboxylic acids is 1. The largest absolute Gasteiger partial charge is 0.479 e. The van der Waals surface area contributed by atoms with Gasteiger partial charge in [0, 0.05) is 18.4 Å². The Morgan fingerprint density at radius 1 is 1.43 bits per heavy atom. The molecule has 118 valence electrons. The lowest BCUT2D eigenvalue weighted by atomic mass is 10.2. The molecule has 0 aliphatic heterocycles. The summed E-state index contributed by atoms with van der Waals surface area (Å²) in [7, 11) is 1.34. The molecule has 21 heavy (non-hydrogen) atoms. The maximum Gasteiger partial charge on any atom is 0.413 e. The first-order valence-corrected chi connectivity index (χ1v) is 7.16. The zero-order chi connectivity index (χ0) is 16.2. The molecule has 0 aliphatic carbocycles. The summed E-state index contributed by atoms with van der Waals surface area (Å²) in [5, 5.41) is 11.9. The first-order valence-electron chi connectivity index (χ1n) is 6.34. The molecule has 0 radical (unpaired) electrons. The van der Waals surface area contributed by atoms with Crippen molar-refractivity contribution in [2.45, 2.75) is 45.8 Å². The van der Waals surface area contributed by atoms with Crippen LogP contribution in [0.5, 0.6) is 0 Å². The lowest BCUT2D eigenvalue weighted by Gasteiger charge is -2.18. The van der Waals surface area contributed by atoms with Crippen molar-refractivity contribution in [2.24, 2.45) is 0 Å². The maximum atomic E-state index is 11.6. The van der Waals surface area contributed by atoms with Crippen LogP contribution in [0.1, 0.15) is 31.3 Å². The van der Waals surface area contributed by atoms with Crippen LogP contribution in [0, 0.1) is 6.92 Å². The number of hydrogen-bond donors (Lipinski definition) is 2. The first kappa shape index (κ1) is 17.4. The van der Waals surface area contributed by atoms with Gasteiger partial charge in [0.25, 0.3) is 0 Å². The van der Waals surface area contributed by atoms with Crippen LogP contribution in [0.3, 0.4) is 0 Å². The Morgan fingerprint density at radius 3 is 2.52 bits per heavy atom. The normalized spacial score (nSPS) is 12.8. The zero-order valence-electron chi connectivity index (χ0n) is 12.7. The van der Waals surface area contributed by atoms with Crippen LogP contribution < -0.4 is 5.32 Å². The molecule has 0 saturated heterocycles. The number of aromatic nitrogens is 1. The third-order valence-electron chi connectivity index (χ3n) is 2.43. The third-order valence-corrected chi connectivity index (χ3v) is 3.53. The molecule has 2 N–H and O–H groups in total. The number of carbonyl (C=O) groups is 2. The van der Waals surface area contributed by atoms with Gasteiger partial charge in [-0.05, 0) is 27.7 Å². The van der Waals surface area contributed by atoms with Crippen molar-refractivity contribution >= 4 is 28.5 Å². The number of ether oxygens (including phenoxy) is 2. The number of amides is 1. The summed E-state index contributed by atoms with van der Waals surface area (Å²) in [6, 6.07) is 0. The summed E-state index contributed by atoms with van der Waals surface area (Å²) in [4.78, 5) is 27.5. The van der Waals surface area contributed by atoms with Crippen LogP contribution in [0.2, 0.25) is 0 Å². The number of methoxy groups -OCH3 is 1. The molecular formula is C13H20N2O5S. The fourth-order valence-corrected chi connectivity index (χ4v) is 2.48. The summed E-state index contributed by atoms with van der Waals surface area (Å²) < 4.78 is 10.0. The van der Waals surface area contributed by atoms with Gasteiger partial charge >= 0.3 is 12.1 Å². The summed E-state index contributed by atoms with van der Waals surface area (Å²) >= 11 is 1.21. The smallest absolute Gasteiger partial charge is 0.413 e. The Labute approximate surface area is 127 Å². The summed E-state index contributed by atoms with van der Waals surface area (Å²) in [6.07, 6.45) is -1.33. The van der Waals surface area contributed by atoms with Gasteiger partial charge in [0.1, 0.15) is 5.60 Å². The van der Waals surface area contributed by atoms with Gasteiger partial charge in [-0.15, -0.1) is 11.3 Å². The Balaban J connectivity index is 2.74. The van der Waals surface area contributed by atoms with Gasteiger partial charge in [-0.3, -0.25) is 5.32 Å². The van der Waals surface area contributed by atoms with Crippen LogP contribution in [0.25, 0.3) is 0 Å². The Kier molecular flexibility index (Phi) is 5.68. The second-order valence-electron chi connectivity index (χ2n) is 5.42. The number of carboxylic acids is 1. The SMILES string of the molecule is COC(Cc1sc(NC(=O)OC(C)(C)C)nc1C)C(=O)O. The Morgan fingerprint density at radius 2 is 2.05 bits per heavy atom. The molecule has 1 unspecified atom stereocenters. The van der Waals surface area contributed by atoms with Crippen molar-refractivity contribution in [3.05, 3.63) is 10.6 Å². The predicted octanol–water partition coefficient (Wildman–Crippen LogP) is 2.44. The van der Waals surface area contributed by atoms with E-state index in [9.17, 15) is 9.59 Å². The average Bonchev–Trinajstić information content (AvgIpc) is 2.63. The van der Waals surface area contributed by atoms with E-state index in [0.717, 1.165) is 4.88 Å². The van der Waals surface area contributed by atoms with E-state index in [4.69, 9.17) is 14.6 Å². The van der Waals surface area contributed by atoms with Gasteiger partial charge in [-0.25, -0.2) is 14.6 Å². The van der Waals surface area contributed by atoms with Crippen LogP contribution in [-0.2, 0) is 20.7 Å². The van der Waals surface area contributed by atoms with Gasteiger partial charge in [-0.2, -0.15) is 0 Å². The second kappa shape index (κ2) is 6.86. The molecule has 0 aromatic carbocycles. The average molecular weight is 316 g/mol. The molecule has 0 aliphatic rings. The molecule has 0 spiro atoms. The number of nitrogens with zero attached hydrogens (tertiary/aromatic N) is 1. The highest BCUT2D eigenvalue weighted by Gasteiger charge is 2.22. The molecule has 1 aromatic rings. The fourth-order valence-electron chi connectivity index (χ4n) is 1.50. The number of carbonyl (C=O) groups excluding carboxylic acids is 1. The molecule has 0 saturated carbocycles. The number of carboxylic acid groups (broad SMARTS) is 1. The number of nitrogens with one attached hydrogen (secondary N) is 1. The summed E-state index contributed by atoms with van der Waals surface area (Å²) in [5.41, 5.74) is 0.0679. The minimum atomic E-state index is -1.04. The van der Waals surface area contributed by atoms with Crippen molar-refractivity contribution in [3.63, 3.8) is 0 Å². The van der Waals surface area contributed by atoms with E-state index >= 15 is 0 Å². The number of hydrogen-bond acceptors (Lipinski definition) is 6. The minimum Gasteiger partial charge on any atom is -0.479 e. The minimum absolute atomic E-state index is 0.200. The number of anilines is 1. The topological polar surface area (TPSA) is 97.8 Å². The molecule has 0 fully saturated rings. The number of rotatable bonds is 5. The van der Waals surface area contributed by atoms with E-state index in [1.807, 2.05) is 0 Å². The summed E-state index contributed by atoms with van der Waals surface area (Å²) in [6.45, 7) is 7.05. The Hall–Kier alpha value is -1.67. The van der Waals surface area contributed by atoms with Gasteiger partial charge in [0.05, 0.1) is 5.69 Å². The van der Waals surface area contributed by atoms with E-state index in [0.29, 0.717) is 10.8 Å². The van der Waals surface area contributed by atoms with Crippen molar-refractivity contribution in [2.75, 3.05) is 12.4 Å². The molecule has 7 nitrogen and oxygen atoms in total. The van der Waals surface area contributed by atoms with E-state index in [1.165, 1.54) is 18.4 Å².